The molecule has 2 heterocycles. The number of amides is 1. The van der Waals surface area contributed by atoms with Gasteiger partial charge in [-0.05, 0) is 49.2 Å². The molecule has 164 valence electrons. The number of nitrogens with zero attached hydrogens (tertiary/aromatic N) is 4. The summed E-state index contributed by atoms with van der Waals surface area (Å²) in [4.78, 5) is 12.8. The molecule has 0 unspecified atom stereocenters. The van der Waals surface area contributed by atoms with Gasteiger partial charge in [0, 0.05) is 11.8 Å². The van der Waals surface area contributed by atoms with Gasteiger partial charge in [0.25, 0.3) is 5.91 Å². The Morgan fingerprint density at radius 3 is 2.44 bits per heavy atom. The molecule has 6 nitrogen and oxygen atoms in total. The second-order valence-electron chi connectivity index (χ2n) is 7.45. The topological polar surface area (TPSA) is 64.7 Å². The van der Waals surface area contributed by atoms with Crippen LogP contribution >= 0.6 is 23.2 Å². The molecule has 0 radical (unpaired) electrons. The lowest BCUT2D eigenvalue weighted by atomic mass is 10.1. The zero-order valence-corrected chi connectivity index (χ0v) is 19.0. The lowest BCUT2D eigenvalue weighted by molar-refractivity contribution is 0.102. The normalized spacial score (nSPS) is 11.0. The zero-order chi connectivity index (χ0) is 22.8. The highest BCUT2D eigenvalue weighted by Crippen LogP contribution is 2.22. The van der Waals surface area contributed by atoms with E-state index in [9.17, 15) is 9.18 Å². The van der Waals surface area contributed by atoms with Crippen LogP contribution in [-0.2, 0) is 13.1 Å². The molecular weight excluding hydrogens is 452 g/mol. The van der Waals surface area contributed by atoms with E-state index in [1.54, 1.807) is 39.8 Å². The van der Waals surface area contributed by atoms with Crippen LogP contribution in [0.25, 0.3) is 0 Å². The molecule has 0 saturated carbocycles. The number of carbonyl (C=O) groups is 1. The maximum Gasteiger partial charge on any atom is 0.256 e. The van der Waals surface area contributed by atoms with E-state index in [1.165, 1.54) is 12.1 Å². The standard InChI is InChI=1S/C23H20Cl2FN5O/c1-14-21(25)15(2)31(28-14)12-16-5-3-7-18(9-16)23(32)27-22-20(24)13-30(29-22)11-17-6-4-8-19(26)10-17/h3-10,13H,11-12H2,1-2H3,(H,27,29,32). The van der Waals surface area contributed by atoms with Crippen LogP contribution in [0.1, 0.15) is 32.9 Å². The first-order valence-electron chi connectivity index (χ1n) is 9.87. The summed E-state index contributed by atoms with van der Waals surface area (Å²) in [6.45, 7) is 4.57. The number of benzene rings is 2. The van der Waals surface area contributed by atoms with Gasteiger partial charge in [-0.15, -0.1) is 0 Å². The summed E-state index contributed by atoms with van der Waals surface area (Å²) in [5, 5.41) is 12.4. The maximum atomic E-state index is 13.4. The van der Waals surface area contributed by atoms with Crippen LogP contribution < -0.4 is 5.32 Å². The minimum Gasteiger partial charge on any atom is -0.304 e. The Labute approximate surface area is 194 Å². The largest absolute Gasteiger partial charge is 0.304 e. The van der Waals surface area contributed by atoms with Crippen LogP contribution in [0.3, 0.4) is 0 Å². The summed E-state index contributed by atoms with van der Waals surface area (Å²) in [5.74, 6) is -0.420. The fourth-order valence-corrected chi connectivity index (χ4v) is 3.71. The predicted octanol–water partition coefficient (Wildman–Crippen LogP) is 5.49. The first kappa shape index (κ1) is 22.0. The molecule has 0 saturated heterocycles. The van der Waals surface area contributed by atoms with Gasteiger partial charge in [-0.3, -0.25) is 14.2 Å². The number of rotatable bonds is 6. The van der Waals surface area contributed by atoms with Crippen molar-refractivity contribution < 1.29 is 9.18 Å². The van der Waals surface area contributed by atoms with Crippen molar-refractivity contribution in [3.63, 3.8) is 0 Å². The molecule has 4 rings (SSSR count). The molecule has 32 heavy (non-hydrogen) atoms. The van der Waals surface area contributed by atoms with Crippen molar-refractivity contribution in [3.8, 4) is 0 Å². The molecule has 1 N–H and O–H groups in total. The van der Waals surface area contributed by atoms with E-state index in [0.29, 0.717) is 28.7 Å². The summed E-state index contributed by atoms with van der Waals surface area (Å²) < 4.78 is 16.8. The molecule has 2 aromatic carbocycles. The van der Waals surface area contributed by atoms with Crippen LogP contribution in [0, 0.1) is 19.7 Å². The Morgan fingerprint density at radius 2 is 1.75 bits per heavy atom. The quantitative estimate of drug-likeness (QED) is 0.404. The Kier molecular flexibility index (Phi) is 6.30. The van der Waals surface area contributed by atoms with Crippen LogP contribution in [-0.4, -0.2) is 25.5 Å². The molecule has 0 aliphatic rings. The SMILES string of the molecule is Cc1nn(Cc2cccc(C(=O)Nc3nn(Cc4cccc(F)c4)cc3Cl)c2)c(C)c1Cl. The average molecular weight is 472 g/mol. The van der Waals surface area contributed by atoms with Gasteiger partial charge in [0.15, 0.2) is 5.82 Å². The number of carbonyl (C=O) groups excluding carboxylic acids is 1. The second-order valence-corrected chi connectivity index (χ2v) is 8.24. The molecule has 2 aromatic heterocycles. The van der Waals surface area contributed by atoms with Gasteiger partial charge < -0.3 is 5.32 Å². The van der Waals surface area contributed by atoms with Gasteiger partial charge in [0.2, 0.25) is 0 Å². The number of anilines is 1. The Morgan fingerprint density at radius 1 is 1.03 bits per heavy atom. The highest BCUT2D eigenvalue weighted by molar-refractivity contribution is 6.33. The minimum atomic E-state index is -0.337. The van der Waals surface area contributed by atoms with E-state index in [4.69, 9.17) is 23.2 Å². The predicted molar refractivity (Wildman–Crippen MR) is 123 cm³/mol. The van der Waals surface area contributed by atoms with Crippen LogP contribution in [0.15, 0.2) is 54.7 Å². The third kappa shape index (κ3) is 4.84. The van der Waals surface area contributed by atoms with E-state index >= 15 is 0 Å². The average Bonchev–Trinajstić information content (AvgIpc) is 3.21. The van der Waals surface area contributed by atoms with Crippen molar-refractivity contribution in [2.45, 2.75) is 26.9 Å². The van der Waals surface area contributed by atoms with Crippen LogP contribution in [0.4, 0.5) is 10.2 Å². The van der Waals surface area contributed by atoms with Crippen molar-refractivity contribution in [2.75, 3.05) is 5.32 Å². The highest BCUT2D eigenvalue weighted by Gasteiger charge is 2.14. The fourth-order valence-electron chi connectivity index (χ4n) is 3.38. The smallest absolute Gasteiger partial charge is 0.256 e. The molecule has 0 aliphatic carbocycles. The van der Waals surface area contributed by atoms with Crippen molar-refractivity contribution in [3.05, 3.63) is 98.7 Å². The zero-order valence-electron chi connectivity index (χ0n) is 17.4. The van der Waals surface area contributed by atoms with Crippen molar-refractivity contribution >= 4 is 34.9 Å². The number of hydrogen-bond donors (Lipinski definition) is 1. The van der Waals surface area contributed by atoms with Crippen LogP contribution in [0.2, 0.25) is 10.0 Å². The summed E-state index contributed by atoms with van der Waals surface area (Å²) in [7, 11) is 0. The van der Waals surface area contributed by atoms with E-state index in [-0.39, 0.29) is 17.5 Å². The third-order valence-electron chi connectivity index (χ3n) is 5.00. The Balaban J connectivity index is 1.48. The van der Waals surface area contributed by atoms with E-state index in [2.05, 4.69) is 15.5 Å². The van der Waals surface area contributed by atoms with Crippen molar-refractivity contribution in [2.24, 2.45) is 0 Å². The van der Waals surface area contributed by atoms with Gasteiger partial charge in [-0.25, -0.2) is 4.39 Å². The Bertz CT molecular complexity index is 1300. The van der Waals surface area contributed by atoms with Gasteiger partial charge in [0.1, 0.15) is 10.8 Å². The lowest BCUT2D eigenvalue weighted by Gasteiger charge is -2.08. The molecule has 0 bridgehead atoms. The highest BCUT2D eigenvalue weighted by atomic mass is 35.5. The third-order valence-corrected chi connectivity index (χ3v) is 5.82. The summed E-state index contributed by atoms with van der Waals surface area (Å²) in [5.41, 5.74) is 3.74. The molecular formula is C23H20Cl2FN5O. The molecule has 4 aromatic rings. The number of aromatic nitrogens is 4. The molecule has 0 spiro atoms. The second kappa shape index (κ2) is 9.14. The molecule has 9 heteroatoms. The molecule has 0 aliphatic heterocycles. The monoisotopic (exact) mass is 471 g/mol. The number of halogens is 3. The summed E-state index contributed by atoms with van der Waals surface area (Å²) >= 11 is 12.5. The van der Waals surface area contributed by atoms with Crippen LogP contribution in [0.5, 0.6) is 0 Å². The first-order chi connectivity index (χ1) is 15.3. The fraction of sp³-hybridized carbons (Fsp3) is 0.174. The maximum absolute atomic E-state index is 13.4. The number of aryl methyl sites for hydroxylation is 1. The van der Waals surface area contributed by atoms with E-state index in [1.807, 2.05) is 26.0 Å². The van der Waals surface area contributed by atoms with Crippen molar-refractivity contribution in [1.29, 1.82) is 0 Å². The lowest BCUT2D eigenvalue weighted by Crippen LogP contribution is -2.14. The van der Waals surface area contributed by atoms with Gasteiger partial charge in [-0.2, -0.15) is 10.2 Å². The van der Waals surface area contributed by atoms with E-state index in [0.717, 1.165) is 22.5 Å². The number of nitrogens with one attached hydrogen (secondary N) is 1. The first-order valence-corrected chi connectivity index (χ1v) is 10.6. The molecule has 0 fully saturated rings. The summed E-state index contributed by atoms with van der Waals surface area (Å²) in [6, 6.07) is 13.5. The van der Waals surface area contributed by atoms with Gasteiger partial charge in [-0.1, -0.05) is 47.5 Å². The summed E-state index contributed by atoms with van der Waals surface area (Å²) in [6.07, 6.45) is 1.59. The molecule has 1 amide bonds. The Hall–Kier alpha value is -3.16. The van der Waals surface area contributed by atoms with E-state index < -0.39 is 0 Å². The number of hydrogen-bond acceptors (Lipinski definition) is 3. The van der Waals surface area contributed by atoms with Gasteiger partial charge in [0.05, 0.1) is 29.5 Å². The minimum absolute atomic E-state index is 0.240. The van der Waals surface area contributed by atoms with Gasteiger partial charge >= 0.3 is 0 Å². The van der Waals surface area contributed by atoms with Crippen molar-refractivity contribution in [1.82, 2.24) is 19.6 Å². The molecule has 0 atom stereocenters.